The molecule has 1 atom stereocenters. The first kappa shape index (κ1) is 19.2. The van der Waals surface area contributed by atoms with Crippen LogP contribution in [0.25, 0.3) is 0 Å². The van der Waals surface area contributed by atoms with Gasteiger partial charge in [-0.15, -0.1) is 0 Å². The molecule has 0 saturated heterocycles. The second-order valence-corrected chi connectivity index (χ2v) is 6.86. The molecule has 0 saturated carbocycles. The molecule has 0 unspecified atom stereocenters. The summed E-state index contributed by atoms with van der Waals surface area (Å²) in [7, 11) is 0. The first-order chi connectivity index (χ1) is 11.8. The molecule has 134 valence electrons. The van der Waals surface area contributed by atoms with Gasteiger partial charge in [-0.3, -0.25) is 4.79 Å². The third-order valence-electron chi connectivity index (χ3n) is 4.19. The number of benzene rings is 1. The van der Waals surface area contributed by atoms with Gasteiger partial charge in [0.25, 0.3) is 5.91 Å². The van der Waals surface area contributed by atoms with Gasteiger partial charge in [-0.25, -0.2) is 4.79 Å². The molecule has 0 aliphatic rings. The second kappa shape index (κ2) is 8.34. The molecule has 1 aromatic heterocycles. The van der Waals surface area contributed by atoms with Crippen molar-refractivity contribution in [1.82, 2.24) is 9.88 Å². The summed E-state index contributed by atoms with van der Waals surface area (Å²) in [5, 5.41) is 2.83. The van der Waals surface area contributed by atoms with Gasteiger partial charge in [0.1, 0.15) is 0 Å². The molecular weight excluding hydrogens is 384 g/mol. The van der Waals surface area contributed by atoms with Crippen molar-refractivity contribution in [2.45, 2.75) is 40.3 Å². The van der Waals surface area contributed by atoms with Crippen LogP contribution in [0.1, 0.15) is 47.2 Å². The van der Waals surface area contributed by atoms with Crippen LogP contribution in [-0.2, 0) is 16.1 Å². The predicted octanol–water partition coefficient (Wildman–Crippen LogP) is 3.92. The summed E-state index contributed by atoms with van der Waals surface area (Å²) in [6.45, 7) is 8.22. The molecule has 0 aliphatic carbocycles. The Hall–Kier alpha value is -2.08. The number of hydrogen-bond donors (Lipinski definition) is 1. The van der Waals surface area contributed by atoms with Crippen LogP contribution in [0, 0.1) is 13.8 Å². The monoisotopic (exact) mass is 406 g/mol. The molecule has 0 fully saturated rings. The van der Waals surface area contributed by atoms with Crippen LogP contribution in [-0.4, -0.2) is 23.1 Å². The van der Waals surface area contributed by atoms with Gasteiger partial charge in [-0.2, -0.15) is 0 Å². The Morgan fingerprint density at radius 1 is 1.24 bits per heavy atom. The number of esters is 1. The first-order valence-electron chi connectivity index (χ1n) is 8.22. The second-order valence-electron chi connectivity index (χ2n) is 5.95. The molecule has 2 aromatic rings. The van der Waals surface area contributed by atoms with Crippen molar-refractivity contribution in [2.75, 3.05) is 6.61 Å². The minimum Gasteiger partial charge on any atom is -0.452 e. The zero-order valence-corrected chi connectivity index (χ0v) is 16.5. The number of amides is 1. The lowest BCUT2D eigenvalue weighted by Crippen LogP contribution is -2.31. The van der Waals surface area contributed by atoms with Gasteiger partial charge >= 0.3 is 5.97 Å². The van der Waals surface area contributed by atoms with E-state index in [-0.39, 0.29) is 18.6 Å². The Morgan fingerprint density at radius 2 is 1.88 bits per heavy atom. The van der Waals surface area contributed by atoms with Gasteiger partial charge in [-0.05, 0) is 51.5 Å². The smallest absolute Gasteiger partial charge is 0.340 e. The topological polar surface area (TPSA) is 60.3 Å². The molecule has 5 nitrogen and oxygen atoms in total. The minimum atomic E-state index is -0.473. The van der Waals surface area contributed by atoms with Crippen molar-refractivity contribution in [3.05, 3.63) is 57.3 Å². The van der Waals surface area contributed by atoms with Crippen molar-refractivity contribution in [1.29, 1.82) is 0 Å². The highest BCUT2D eigenvalue weighted by Crippen LogP contribution is 2.17. The van der Waals surface area contributed by atoms with E-state index < -0.39 is 5.97 Å². The average Bonchev–Trinajstić information content (AvgIpc) is 2.87. The largest absolute Gasteiger partial charge is 0.452 e. The Kier molecular flexibility index (Phi) is 6.42. The van der Waals surface area contributed by atoms with Crippen molar-refractivity contribution in [3.8, 4) is 0 Å². The van der Waals surface area contributed by atoms with Gasteiger partial charge < -0.3 is 14.6 Å². The molecule has 0 aliphatic heterocycles. The highest BCUT2D eigenvalue weighted by molar-refractivity contribution is 9.10. The van der Waals surface area contributed by atoms with Gasteiger partial charge in [-0.1, -0.05) is 28.1 Å². The lowest BCUT2D eigenvalue weighted by molar-refractivity contribution is -0.124. The Labute approximate surface area is 156 Å². The quantitative estimate of drug-likeness (QED) is 0.739. The summed E-state index contributed by atoms with van der Waals surface area (Å²) in [5.74, 6) is -0.799. The zero-order chi connectivity index (χ0) is 18.6. The van der Waals surface area contributed by atoms with E-state index >= 15 is 0 Å². The minimum absolute atomic E-state index is 0.163. The summed E-state index contributed by atoms with van der Waals surface area (Å²) < 4.78 is 8.18. The van der Waals surface area contributed by atoms with Crippen LogP contribution in [0.15, 0.2) is 34.8 Å². The third kappa shape index (κ3) is 4.72. The van der Waals surface area contributed by atoms with E-state index in [1.165, 1.54) is 0 Å². The standard InChI is InChI=1S/C19H23BrN2O3/c1-5-22-12(2)10-17(14(22)4)19(24)25-11-18(23)21-13(3)15-6-8-16(20)9-7-15/h6-10,13H,5,11H2,1-4H3,(H,21,23)/t13-/m1/s1. The van der Waals surface area contributed by atoms with Crippen LogP contribution in [0.2, 0.25) is 0 Å². The molecule has 1 heterocycles. The summed E-state index contributed by atoms with van der Waals surface area (Å²) in [5.41, 5.74) is 3.34. The summed E-state index contributed by atoms with van der Waals surface area (Å²) in [6.07, 6.45) is 0. The van der Waals surface area contributed by atoms with Crippen LogP contribution in [0.4, 0.5) is 0 Å². The number of aromatic nitrogens is 1. The maximum Gasteiger partial charge on any atom is 0.340 e. The van der Waals surface area contributed by atoms with E-state index in [9.17, 15) is 9.59 Å². The Bertz CT molecular complexity index is 766. The van der Waals surface area contributed by atoms with E-state index in [0.717, 1.165) is 28.0 Å². The molecule has 0 radical (unpaired) electrons. The number of carbonyl (C=O) groups excluding carboxylic acids is 2. The normalized spacial score (nSPS) is 11.9. The number of aryl methyl sites for hydroxylation is 1. The highest BCUT2D eigenvalue weighted by Gasteiger charge is 2.18. The fraction of sp³-hybridized carbons (Fsp3) is 0.368. The molecule has 1 N–H and O–H groups in total. The number of hydrogen-bond acceptors (Lipinski definition) is 3. The lowest BCUT2D eigenvalue weighted by Gasteiger charge is -2.14. The van der Waals surface area contributed by atoms with E-state index in [1.807, 2.05) is 56.5 Å². The summed E-state index contributed by atoms with van der Waals surface area (Å²) in [4.78, 5) is 24.3. The Balaban J connectivity index is 1.91. The Morgan fingerprint density at radius 3 is 2.44 bits per heavy atom. The van der Waals surface area contributed by atoms with Gasteiger partial charge in [0.2, 0.25) is 0 Å². The fourth-order valence-corrected chi connectivity index (χ4v) is 3.09. The first-order valence-corrected chi connectivity index (χ1v) is 9.01. The molecule has 2 rings (SSSR count). The van der Waals surface area contributed by atoms with Gasteiger partial charge in [0, 0.05) is 22.4 Å². The average molecular weight is 407 g/mol. The fourth-order valence-electron chi connectivity index (χ4n) is 2.82. The number of nitrogens with one attached hydrogen (secondary N) is 1. The lowest BCUT2D eigenvalue weighted by atomic mass is 10.1. The van der Waals surface area contributed by atoms with Crippen molar-refractivity contribution in [2.24, 2.45) is 0 Å². The van der Waals surface area contributed by atoms with Crippen LogP contribution in [0.3, 0.4) is 0 Å². The van der Waals surface area contributed by atoms with Crippen LogP contribution >= 0.6 is 15.9 Å². The third-order valence-corrected chi connectivity index (χ3v) is 4.72. The highest BCUT2D eigenvalue weighted by atomic mass is 79.9. The van der Waals surface area contributed by atoms with Crippen LogP contribution < -0.4 is 5.32 Å². The molecule has 1 aromatic carbocycles. The van der Waals surface area contributed by atoms with Crippen molar-refractivity contribution >= 4 is 27.8 Å². The number of rotatable bonds is 6. The molecule has 1 amide bonds. The number of halogens is 1. The summed E-state index contributed by atoms with van der Waals surface area (Å²) in [6, 6.07) is 9.33. The maximum atomic E-state index is 12.2. The SMILES string of the molecule is CCn1c(C)cc(C(=O)OCC(=O)N[C@H](C)c2ccc(Br)cc2)c1C. The maximum absolute atomic E-state index is 12.2. The van der Waals surface area contributed by atoms with E-state index in [2.05, 4.69) is 21.2 Å². The van der Waals surface area contributed by atoms with Gasteiger partial charge in [0.15, 0.2) is 6.61 Å². The van der Waals surface area contributed by atoms with Crippen molar-refractivity contribution < 1.29 is 14.3 Å². The zero-order valence-electron chi connectivity index (χ0n) is 14.9. The summed E-state index contributed by atoms with van der Waals surface area (Å²) >= 11 is 3.38. The van der Waals surface area contributed by atoms with Gasteiger partial charge in [0.05, 0.1) is 11.6 Å². The molecular formula is C19H23BrN2O3. The van der Waals surface area contributed by atoms with Crippen molar-refractivity contribution in [3.63, 3.8) is 0 Å². The van der Waals surface area contributed by atoms with E-state index in [0.29, 0.717) is 5.56 Å². The van der Waals surface area contributed by atoms with E-state index in [1.54, 1.807) is 6.07 Å². The number of nitrogens with zero attached hydrogens (tertiary/aromatic N) is 1. The van der Waals surface area contributed by atoms with Crippen LogP contribution in [0.5, 0.6) is 0 Å². The molecule has 0 bridgehead atoms. The predicted molar refractivity (Wildman–Crippen MR) is 101 cm³/mol. The number of carbonyl (C=O) groups is 2. The molecule has 25 heavy (non-hydrogen) atoms. The van der Waals surface area contributed by atoms with E-state index in [4.69, 9.17) is 4.74 Å². The number of ether oxygens (including phenoxy) is 1. The molecule has 0 spiro atoms. The molecule has 6 heteroatoms.